The number of phenolic OH excluding ortho intramolecular Hbond substituents is 1. The van der Waals surface area contributed by atoms with E-state index in [-0.39, 0.29) is 17.3 Å². The van der Waals surface area contributed by atoms with Crippen LogP contribution in [0, 0.1) is 6.92 Å². The van der Waals surface area contributed by atoms with E-state index in [1.807, 2.05) is 19.1 Å². The third-order valence-corrected chi connectivity index (χ3v) is 4.07. The Hall–Kier alpha value is -3.74. The molecule has 2 N–H and O–H groups in total. The Bertz CT molecular complexity index is 1190. The molecule has 0 amide bonds. The van der Waals surface area contributed by atoms with Gasteiger partial charge in [-0.3, -0.25) is 4.40 Å². The summed E-state index contributed by atoms with van der Waals surface area (Å²) < 4.78 is 1.60. The quantitative estimate of drug-likeness (QED) is 0.529. The SMILES string of the molecule is Cc1ccc2nc(C(=O)O)c(N=Nc3cccc4c(O)cccc34)n2c1. The maximum atomic E-state index is 11.5. The second kappa shape index (κ2) is 5.96. The summed E-state index contributed by atoms with van der Waals surface area (Å²) in [4.78, 5) is 15.6. The first-order valence-corrected chi connectivity index (χ1v) is 7.89. The minimum Gasteiger partial charge on any atom is -0.507 e. The second-order valence-electron chi connectivity index (χ2n) is 5.87. The van der Waals surface area contributed by atoms with Crippen LogP contribution in [0.25, 0.3) is 16.4 Å². The number of aryl methyl sites for hydroxylation is 1. The fourth-order valence-corrected chi connectivity index (χ4v) is 2.84. The molecule has 0 fully saturated rings. The zero-order valence-corrected chi connectivity index (χ0v) is 13.8. The molecule has 7 heteroatoms. The predicted octanol–water partition coefficient (Wildman–Crippen LogP) is 4.62. The third-order valence-electron chi connectivity index (χ3n) is 4.07. The summed E-state index contributed by atoms with van der Waals surface area (Å²) in [6.07, 6.45) is 1.76. The monoisotopic (exact) mass is 346 g/mol. The van der Waals surface area contributed by atoms with Gasteiger partial charge in [-0.2, -0.15) is 0 Å². The number of rotatable bonds is 3. The Kier molecular flexibility index (Phi) is 3.62. The molecule has 26 heavy (non-hydrogen) atoms. The van der Waals surface area contributed by atoms with E-state index in [9.17, 15) is 15.0 Å². The molecular formula is C19H14N4O3. The maximum absolute atomic E-state index is 11.5. The number of hydrogen-bond acceptors (Lipinski definition) is 5. The van der Waals surface area contributed by atoms with Gasteiger partial charge in [0, 0.05) is 17.0 Å². The Morgan fingerprint density at radius 1 is 1.04 bits per heavy atom. The number of carboxylic acids is 1. The fraction of sp³-hybridized carbons (Fsp3) is 0.0526. The summed E-state index contributed by atoms with van der Waals surface area (Å²) in [6.45, 7) is 1.90. The predicted molar refractivity (Wildman–Crippen MR) is 96.7 cm³/mol. The number of pyridine rings is 1. The highest BCUT2D eigenvalue weighted by Crippen LogP contribution is 2.33. The lowest BCUT2D eigenvalue weighted by molar-refractivity contribution is 0.0692. The Balaban J connectivity index is 1.90. The molecule has 0 aliphatic rings. The number of phenols is 1. The Morgan fingerprint density at radius 3 is 2.62 bits per heavy atom. The zero-order valence-electron chi connectivity index (χ0n) is 13.8. The van der Waals surface area contributed by atoms with Crippen molar-refractivity contribution in [3.63, 3.8) is 0 Å². The van der Waals surface area contributed by atoms with Gasteiger partial charge in [-0.25, -0.2) is 9.78 Å². The third kappa shape index (κ3) is 2.55. The average Bonchev–Trinajstić information content (AvgIpc) is 2.98. The number of fused-ring (bicyclic) bond motifs is 2. The topological polar surface area (TPSA) is 99.5 Å². The van der Waals surface area contributed by atoms with Crippen LogP contribution in [0.15, 0.2) is 65.0 Å². The van der Waals surface area contributed by atoms with Crippen LogP contribution in [0.3, 0.4) is 0 Å². The summed E-state index contributed by atoms with van der Waals surface area (Å²) in [5.74, 6) is -0.875. The molecule has 0 atom stereocenters. The molecule has 0 saturated carbocycles. The number of hydrogen-bond donors (Lipinski definition) is 2. The highest BCUT2D eigenvalue weighted by atomic mass is 16.4. The van der Waals surface area contributed by atoms with Crippen molar-refractivity contribution in [1.29, 1.82) is 0 Å². The minimum atomic E-state index is -1.17. The highest BCUT2D eigenvalue weighted by molar-refractivity contribution is 5.96. The van der Waals surface area contributed by atoms with Gasteiger partial charge in [0.1, 0.15) is 11.4 Å². The number of benzene rings is 2. The molecule has 2 heterocycles. The van der Waals surface area contributed by atoms with E-state index in [1.54, 1.807) is 47.0 Å². The molecule has 0 aliphatic heterocycles. The van der Waals surface area contributed by atoms with Crippen molar-refractivity contribution < 1.29 is 15.0 Å². The number of carboxylic acid groups (broad SMARTS) is 1. The van der Waals surface area contributed by atoms with Crippen LogP contribution in [-0.2, 0) is 0 Å². The van der Waals surface area contributed by atoms with Gasteiger partial charge in [-0.15, -0.1) is 10.2 Å². The zero-order chi connectivity index (χ0) is 18.3. The van der Waals surface area contributed by atoms with Gasteiger partial charge in [0.15, 0.2) is 11.5 Å². The summed E-state index contributed by atoms with van der Waals surface area (Å²) in [5, 5.41) is 29.2. The highest BCUT2D eigenvalue weighted by Gasteiger charge is 2.18. The van der Waals surface area contributed by atoms with Crippen molar-refractivity contribution in [3.8, 4) is 5.75 Å². The van der Waals surface area contributed by atoms with Crippen molar-refractivity contribution in [2.45, 2.75) is 6.92 Å². The number of aromatic carboxylic acids is 1. The van der Waals surface area contributed by atoms with Gasteiger partial charge in [0.2, 0.25) is 0 Å². The molecule has 4 rings (SSSR count). The van der Waals surface area contributed by atoms with Crippen molar-refractivity contribution in [2.75, 3.05) is 0 Å². The van der Waals surface area contributed by atoms with Crippen LogP contribution in [-0.4, -0.2) is 25.6 Å². The summed E-state index contributed by atoms with van der Waals surface area (Å²) >= 11 is 0. The molecule has 0 aliphatic carbocycles. The molecule has 0 bridgehead atoms. The first-order chi connectivity index (χ1) is 12.5. The van der Waals surface area contributed by atoms with Crippen molar-refractivity contribution in [2.24, 2.45) is 10.2 Å². The smallest absolute Gasteiger partial charge is 0.358 e. The van der Waals surface area contributed by atoms with E-state index in [4.69, 9.17) is 0 Å². The van der Waals surface area contributed by atoms with Crippen molar-refractivity contribution >= 4 is 33.9 Å². The molecule has 2 aromatic carbocycles. The summed E-state index contributed by atoms with van der Waals surface area (Å²) in [6, 6.07) is 14.0. The molecule has 7 nitrogen and oxygen atoms in total. The molecule has 128 valence electrons. The van der Waals surface area contributed by atoms with Gasteiger partial charge in [-0.1, -0.05) is 30.3 Å². The summed E-state index contributed by atoms with van der Waals surface area (Å²) in [5.41, 5.74) is 1.79. The van der Waals surface area contributed by atoms with Crippen LogP contribution in [0.4, 0.5) is 11.5 Å². The van der Waals surface area contributed by atoms with Gasteiger partial charge in [0.25, 0.3) is 0 Å². The second-order valence-corrected chi connectivity index (χ2v) is 5.87. The Morgan fingerprint density at radius 2 is 1.81 bits per heavy atom. The van der Waals surface area contributed by atoms with E-state index in [0.29, 0.717) is 16.7 Å². The number of azo groups is 1. The maximum Gasteiger partial charge on any atom is 0.358 e. The first kappa shape index (κ1) is 15.8. The molecule has 0 saturated heterocycles. The lowest BCUT2D eigenvalue weighted by Gasteiger charge is -2.03. The van der Waals surface area contributed by atoms with E-state index in [0.717, 1.165) is 10.9 Å². The number of aromatic nitrogens is 2. The molecule has 0 unspecified atom stereocenters. The number of nitrogens with zero attached hydrogens (tertiary/aromatic N) is 4. The van der Waals surface area contributed by atoms with Crippen LogP contribution < -0.4 is 0 Å². The van der Waals surface area contributed by atoms with Crippen LogP contribution >= 0.6 is 0 Å². The largest absolute Gasteiger partial charge is 0.507 e. The van der Waals surface area contributed by atoms with Gasteiger partial charge >= 0.3 is 5.97 Å². The number of carbonyl (C=O) groups is 1. The van der Waals surface area contributed by atoms with E-state index < -0.39 is 5.97 Å². The fourth-order valence-electron chi connectivity index (χ4n) is 2.84. The van der Waals surface area contributed by atoms with Gasteiger partial charge < -0.3 is 10.2 Å². The molecular weight excluding hydrogens is 332 g/mol. The van der Waals surface area contributed by atoms with Crippen molar-refractivity contribution in [3.05, 3.63) is 66.0 Å². The van der Waals surface area contributed by atoms with E-state index in [2.05, 4.69) is 15.2 Å². The average molecular weight is 346 g/mol. The van der Waals surface area contributed by atoms with E-state index in [1.165, 1.54) is 0 Å². The molecule has 4 aromatic rings. The van der Waals surface area contributed by atoms with Crippen LogP contribution in [0.2, 0.25) is 0 Å². The molecule has 0 radical (unpaired) electrons. The Labute approximate surface area is 147 Å². The normalized spacial score (nSPS) is 11.6. The standard InChI is InChI=1S/C19H14N4O3/c1-11-8-9-16-20-17(19(25)26)18(23(16)10-11)22-21-14-6-2-5-13-12(14)4-3-7-15(13)24/h2-10,24H,1H3,(H,25,26). The number of imidazole rings is 1. The van der Waals surface area contributed by atoms with Gasteiger partial charge in [-0.05, 0) is 30.7 Å². The molecule has 0 spiro atoms. The lowest BCUT2D eigenvalue weighted by atomic mass is 10.1. The minimum absolute atomic E-state index is 0.147. The first-order valence-electron chi connectivity index (χ1n) is 7.89. The van der Waals surface area contributed by atoms with Crippen LogP contribution in [0.5, 0.6) is 5.75 Å². The lowest BCUT2D eigenvalue weighted by Crippen LogP contribution is -1.96. The van der Waals surface area contributed by atoms with Gasteiger partial charge in [0.05, 0.1) is 5.69 Å². The van der Waals surface area contributed by atoms with Crippen LogP contribution in [0.1, 0.15) is 16.1 Å². The number of aromatic hydroxyl groups is 1. The van der Waals surface area contributed by atoms with E-state index >= 15 is 0 Å². The van der Waals surface area contributed by atoms with Crippen molar-refractivity contribution in [1.82, 2.24) is 9.38 Å². The molecule has 2 aromatic heterocycles. The summed E-state index contributed by atoms with van der Waals surface area (Å²) in [7, 11) is 0.